The lowest BCUT2D eigenvalue weighted by molar-refractivity contribution is 0.0962. The van der Waals surface area contributed by atoms with Gasteiger partial charge in [0.1, 0.15) is 5.75 Å². The minimum Gasteiger partial charge on any atom is -0.508 e. The van der Waals surface area contributed by atoms with Crippen LogP contribution < -0.4 is 4.90 Å². The van der Waals surface area contributed by atoms with Gasteiger partial charge in [-0.3, -0.25) is 9.69 Å². The molecule has 1 N–H and O–H groups in total. The molecule has 0 amide bonds. The van der Waals surface area contributed by atoms with Crippen LogP contribution in [0.25, 0.3) is 11.1 Å². The summed E-state index contributed by atoms with van der Waals surface area (Å²) in [5.74, 6) is 0.961. The predicted octanol–water partition coefficient (Wildman–Crippen LogP) is 9.35. The molecule has 4 aromatic rings. The second-order valence-electron chi connectivity index (χ2n) is 12.0. The highest BCUT2D eigenvalue weighted by Gasteiger charge is 2.30. The van der Waals surface area contributed by atoms with E-state index in [-0.39, 0.29) is 17.6 Å². The first-order chi connectivity index (χ1) is 20.9. The molecule has 6 heteroatoms. The maximum absolute atomic E-state index is 13.4. The number of Topliss-reactive ketones (excluding diaryl/α,β-unsaturated/α-hetero) is 1. The number of ketones is 1. The van der Waals surface area contributed by atoms with E-state index in [1.807, 2.05) is 36.4 Å². The summed E-state index contributed by atoms with van der Waals surface area (Å²) in [5, 5.41) is 12.4. The Labute approximate surface area is 264 Å². The minimum atomic E-state index is -0.221. The molecule has 1 saturated heterocycles. The van der Waals surface area contributed by atoms with Crippen LogP contribution in [0.3, 0.4) is 0 Å². The summed E-state index contributed by atoms with van der Waals surface area (Å²) < 4.78 is 0. The number of phenolic OH excluding ortho intramolecular Hbond substituents is 1. The molecular formula is C37H38Cl2N2O2. The number of benzene rings is 4. The van der Waals surface area contributed by atoms with Crippen molar-refractivity contribution < 1.29 is 9.90 Å². The lowest BCUT2D eigenvalue weighted by atomic mass is 9.90. The third-order valence-electron chi connectivity index (χ3n) is 9.13. The Morgan fingerprint density at radius 2 is 1.56 bits per heavy atom. The number of rotatable bonds is 8. The smallest absolute Gasteiger partial charge is 0.163 e. The molecule has 2 fully saturated rings. The molecule has 0 spiro atoms. The number of hydrogen-bond acceptors (Lipinski definition) is 4. The number of halogens is 2. The van der Waals surface area contributed by atoms with Gasteiger partial charge in [-0.1, -0.05) is 109 Å². The summed E-state index contributed by atoms with van der Waals surface area (Å²) >= 11 is 12.9. The van der Waals surface area contributed by atoms with Crippen molar-refractivity contribution in [3.63, 3.8) is 0 Å². The van der Waals surface area contributed by atoms with Gasteiger partial charge < -0.3 is 10.0 Å². The molecule has 1 atom stereocenters. The summed E-state index contributed by atoms with van der Waals surface area (Å²) in [7, 11) is 0. The number of carbonyl (C=O) groups is 1. The SMILES string of the molecule is Cc1ccc(-c2ccc(O)c(C(c3cccc(C(=O)CC4CCCC4)c3)N3CCN(c4cccc(Cl)c4Cl)CC3)c2)cc1. The molecule has 0 aromatic heterocycles. The van der Waals surface area contributed by atoms with Crippen molar-refractivity contribution in [2.24, 2.45) is 5.92 Å². The average Bonchev–Trinajstić information content (AvgIpc) is 3.54. The highest BCUT2D eigenvalue weighted by Crippen LogP contribution is 2.40. The van der Waals surface area contributed by atoms with Crippen LogP contribution in [0.1, 0.15) is 65.2 Å². The fourth-order valence-electron chi connectivity index (χ4n) is 6.72. The molecule has 2 aliphatic rings. The zero-order valence-electron chi connectivity index (χ0n) is 24.6. The molecule has 43 heavy (non-hydrogen) atoms. The number of phenols is 1. The van der Waals surface area contributed by atoms with E-state index in [9.17, 15) is 9.90 Å². The van der Waals surface area contributed by atoms with E-state index in [0.717, 1.165) is 72.5 Å². The molecule has 1 aliphatic carbocycles. The van der Waals surface area contributed by atoms with Gasteiger partial charge in [-0.2, -0.15) is 0 Å². The topological polar surface area (TPSA) is 43.8 Å². The van der Waals surface area contributed by atoms with Crippen LogP contribution in [0.5, 0.6) is 5.75 Å². The van der Waals surface area contributed by atoms with E-state index >= 15 is 0 Å². The van der Waals surface area contributed by atoms with Gasteiger partial charge in [0.15, 0.2) is 5.78 Å². The van der Waals surface area contributed by atoms with Crippen molar-refractivity contribution in [3.05, 3.63) is 117 Å². The second kappa shape index (κ2) is 13.1. The first-order valence-corrected chi connectivity index (χ1v) is 16.1. The van der Waals surface area contributed by atoms with Crippen LogP contribution in [0.15, 0.2) is 84.9 Å². The number of piperazine rings is 1. The molecule has 0 bridgehead atoms. The summed E-state index contributed by atoms with van der Waals surface area (Å²) in [6.07, 6.45) is 5.36. The molecule has 4 aromatic carbocycles. The van der Waals surface area contributed by atoms with E-state index in [0.29, 0.717) is 22.4 Å². The van der Waals surface area contributed by atoms with E-state index in [1.54, 1.807) is 6.07 Å². The quantitative estimate of drug-likeness (QED) is 0.201. The Hall–Kier alpha value is -3.31. The van der Waals surface area contributed by atoms with Gasteiger partial charge in [-0.25, -0.2) is 0 Å². The number of nitrogens with zero attached hydrogens (tertiary/aromatic N) is 2. The molecule has 1 unspecified atom stereocenters. The number of hydrogen-bond donors (Lipinski definition) is 1. The number of anilines is 1. The van der Waals surface area contributed by atoms with Gasteiger partial charge in [0.05, 0.1) is 21.8 Å². The zero-order chi connectivity index (χ0) is 29.9. The summed E-state index contributed by atoms with van der Waals surface area (Å²) in [5.41, 5.74) is 6.91. The van der Waals surface area contributed by atoms with E-state index in [2.05, 4.69) is 59.2 Å². The molecule has 222 valence electrons. The molecule has 1 saturated carbocycles. The van der Waals surface area contributed by atoms with Crippen LogP contribution in [-0.4, -0.2) is 42.0 Å². The third-order valence-corrected chi connectivity index (χ3v) is 9.94. The van der Waals surface area contributed by atoms with Gasteiger partial charge in [0.25, 0.3) is 0 Å². The third kappa shape index (κ3) is 6.62. The van der Waals surface area contributed by atoms with Crippen molar-refractivity contribution >= 4 is 34.7 Å². The lowest BCUT2D eigenvalue weighted by Crippen LogP contribution is -2.48. The standard InChI is InChI=1S/C37H38Cl2N2O2/c1-25-12-14-27(15-13-25)28-16-17-34(42)31(24-28)37(30-9-4-8-29(23-30)35(43)22-26-6-2-3-7-26)41-20-18-40(19-21-41)33-11-5-10-32(38)36(33)39/h4-5,8-17,23-24,26,37,42H,2-3,6-7,18-22H2,1H3. The monoisotopic (exact) mass is 612 g/mol. The van der Waals surface area contributed by atoms with Gasteiger partial charge in [-0.15, -0.1) is 0 Å². The van der Waals surface area contributed by atoms with Crippen LogP contribution in [-0.2, 0) is 0 Å². The average molecular weight is 614 g/mol. The van der Waals surface area contributed by atoms with Crippen molar-refractivity contribution in [2.75, 3.05) is 31.1 Å². The van der Waals surface area contributed by atoms with E-state index < -0.39 is 0 Å². The maximum Gasteiger partial charge on any atom is 0.163 e. The van der Waals surface area contributed by atoms with E-state index in [1.165, 1.54) is 18.4 Å². The first kappa shape index (κ1) is 29.7. The molecule has 4 nitrogen and oxygen atoms in total. The predicted molar refractivity (Wildman–Crippen MR) is 178 cm³/mol. The zero-order valence-corrected chi connectivity index (χ0v) is 26.1. The van der Waals surface area contributed by atoms with Crippen molar-refractivity contribution in [1.82, 2.24) is 4.90 Å². The normalized spacial score (nSPS) is 16.9. The van der Waals surface area contributed by atoms with Gasteiger partial charge in [0.2, 0.25) is 0 Å². The van der Waals surface area contributed by atoms with E-state index in [4.69, 9.17) is 23.2 Å². The fourth-order valence-corrected chi connectivity index (χ4v) is 7.14. The Kier molecular flexibility index (Phi) is 9.09. The Morgan fingerprint density at radius 1 is 0.860 bits per heavy atom. The molecule has 0 radical (unpaired) electrons. The van der Waals surface area contributed by atoms with Crippen LogP contribution in [0.2, 0.25) is 10.0 Å². The summed E-state index contributed by atoms with van der Waals surface area (Å²) in [6, 6.07) is 28.0. The van der Waals surface area contributed by atoms with Gasteiger partial charge in [-0.05, 0) is 59.9 Å². The Balaban J connectivity index is 1.35. The maximum atomic E-state index is 13.4. The van der Waals surface area contributed by atoms with Crippen LogP contribution >= 0.6 is 23.2 Å². The van der Waals surface area contributed by atoms with Crippen LogP contribution in [0, 0.1) is 12.8 Å². The van der Waals surface area contributed by atoms with Gasteiger partial charge >= 0.3 is 0 Å². The van der Waals surface area contributed by atoms with Crippen molar-refractivity contribution in [1.29, 1.82) is 0 Å². The minimum absolute atomic E-state index is 0.213. The van der Waals surface area contributed by atoms with Gasteiger partial charge in [0, 0.05) is 43.7 Å². The molecular weight excluding hydrogens is 575 g/mol. The fraction of sp³-hybridized carbons (Fsp3) is 0.324. The Morgan fingerprint density at radius 3 is 2.30 bits per heavy atom. The largest absolute Gasteiger partial charge is 0.508 e. The number of aromatic hydroxyl groups is 1. The second-order valence-corrected chi connectivity index (χ2v) is 12.8. The van der Waals surface area contributed by atoms with Crippen molar-refractivity contribution in [3.8, 4) is 16.9 Å². The van der Waals surface area contributed by atoms with Crippen LogP contribution in [0.4, 0.5) is 5.69 Å². The highest BCUT2D eigenvalue weighted by atomic mass is 35.5. The summed E-state index contributed by atoms with van der Waals surface area (Å²) in [6.45, 7) is 5.10. The number of carbonyl (C=O) groups excluding carboxylic acids is 1. The summed E-state index contributed by atoms with van der Waals surface area (Å²) in [4.78, 5) is 18.1. The number of aryl methyl sites for hydroxylation is 1. The lowest BCUT2D eigenvalue weighted by Gasteiger charge is -2.41. The van der Waals surface area contributed by atoms with Crippen molar-refractivity contribution in [2.45, 2.75) is 45.1 Å². The highest BCUT2D eigenvalue weighted by molar-refractivity contribution is 6.43. The molecule has 6 rings (SSSR count). The molecule has 1 heterocycles. The molecule has 1 aliphatic heterocycles. The Bertz CT molecular complexity index is 1590. The first-order valence-electron chi connectivity index (χ1n) is 15.3.